The summed E-state index contributed by atoms with van der Waals surface area (Å²) >= 11 is 1.59. The van der Waals surface area contributed by atoms with Gasteiger partial charge < -0.3 is 4.57 Å². The van der Waals surface area contributed by atoms with E-state index in [-0.39, 0.29) is 5.82 Å². The summed E-state index contributed by atoms with van der Waals surface area (Å²) in [4.78, 5) is 9.84. The van der Waals surface area contributed by atoms with E-state index in [0.29, 0.717) is 0 Å². The maximum Gasteiger partial charge on any atom is 0.190 e. The van der Waals surface area contributed by atoms with Gasteiger partial charge in [-0.2, -0.15) is 0 Å². The fourth-order valence-electron chi connectivity index (χ4n) is 3.10. The number of aromatic nitrogens is 2. The van der Waals surface area contributed by atoms with Crippen LogP contribution in [0.4, 0.5) is 10.1 Å². The molecule has 0 amide bonds. The topological polar surface area (TPSA) is 30.2 Å². The number of hydrogen-bond acceptors (Lipinski definition) is 3. The van der Waals surface area contributed by atoms with Crippen molar-refractivity contribution in [1.82, 2.24) is 9.55 Å². The van der Waals surface area contributed by atoms with E-state index >= 15 is 0 Å². The Bertz CT molecular complexity index is 1080. The van der Waals surface area contributed by atoms with Crippen LogP contribution in [0.1, 0.15) is 12.0 Å². The molecule has 0 saturated carbocycles. The first kappa shape index (κ1) is 18.3. The zero-order valence-corrected chi connectivity index (χ0v) is 16.1. The van der Waals surface area contributed by atoms with Gasteiger partial charge in [-0.25, -0.2) is 9.38 Å². The van der Waals surface area contributed by atoms with E-state index in [0.717, 1.165) is 41.1 Å². The van der Waals surface area contributed by atoms with E-state index in [1.165, 1.54) is 17.7 Å². The number of thiazole rings is 1. The lowest BCUT2D eigenvalue weighted by molar-refractivity contribution is 0.626. The van der Waals surface area contributed by atoms with E-state index in [1.54, 1.807) is 23.7 Å². The Balaban J connectivity index is 1.66. The minimum Gasteiger partial charge on any atom is -0.316 e. The monoisotopic (exact) mass is 389 g/mol. The lowest BCUT2D eigenvalue weighted by atomic mass is 10.1. The van der Waals surface area contributed by atoms with Crippen molar-refractivity contribution in [3.63, 3.8) is 0 Å². The van der Waals surface area contributed by atoms with Gasteiger partial charge in [-0.05, 0) is 60.4 Å². The van der Waals surface area contributed by atoms with Crippen molar-refractivity contribution in [2.24, 2.45) is 4.99 Å². The second kappa shape index (κ2) is 8.76. The van der Waals surface area contributed by atoms with Crippen LogP contribution in [0.2, 0.25) is 0 Å². The summed E-state index contributed by atoms with van der Waals surface area (Å²) in [6, 6.07) is 20.9. The number of aryl methyl sites for hydroxylation is 1. The van der Waals surface area contributed by atoms with Crippen LogP contribution in [0.15, 0.2) is 89.5 Å². The number of nitrogens with zero attached hydrogens (tertiary/aromatic N) is 3. The van der Waals surface area contributed by atoms with Crippen LogP contribution in [0.3, 0.4) is 0 Å². The molecule has 0 fully saturated rings. The molecule has 5 heteroatoms. The first-order valence-electron chi connectivity index (χ1n) is 9.22. The molecule has 2 aromatic heterocycles. The first-order chi connectivity index (χ1) is 13.8. The highest BCUT2D eigenvalue weighted by molar-refractivity contribution is 7.07. The quantitative estimate of drug-likeness (QED) is 0.421. The molecule has 2 aromatic carbocycles. The van der Waals surface area contributed by atoms with Gasteiger partial charge in [0.1, 0.15) is 5.82 Å². The third-order valence-corrected chi connectivity index (χ3v) is 5.36. The van der Waals surface area contributed by atoms with Gasteiger partial charge >= 0.3 is 0 Å². The Kier molecular flexibility index (Phi) is 5.73. The summed E-state index contributed by atoms with van der Waals surface area (Å²) in [5, 5.41) is 2.09. The van der Waals surface area contributed by atoms with Crippen LogP contribution in [-0.2, 0) is 13.0 Å². The molecule has 4 aromatic rings. The van der Waals surface area contributed by atoms with Crippen molar-refractivity contribution in [1.29, 1.82) is 0 Å². The van der Waals surface area contributed by atoms with Gasteiger partial charge in [0.05, 0.1) is 17.6 Å². The Hall–Kier alpha value is -3.05. The molecule has 3 nitrogen and oxygen atoms in total. The average molecular weight is 389 g/mol. The zero-order valence-electron chi connectivity index (χ0n) is 15.3. The van der Waals surface area contributed by atoms with Crippen LogP contribution in [0, 0.1) is 5.82 Å². The highest BCUT2D eigenvalue weighted by Crippen LogP contribution is 2.22. The van der Waals surface area contributed by atoms with E-state index in [1.807, 2.05) is 30.3 Å². The minimum atomic E-state index is -0.227. The molecule has 0 spiro atoms. The summed E-state index contributed by atoms with van der Waals surface area (Å²) in [5.41, 5.74) is 4.20. The van der Waals surface area contributed by atoms with Gasteiger partial charge in [-0.15, -0.1) is 11.3 Å². The predicted molar refractivity (Wildman–Crippen MR) is 112 cm³/mol. The van der Waals surface area contributed by atoms with Crippen molar-refractivity contribution in [3.05, 3.63) is 101 Å². The van der Waals surface area contributed by atoms with Crippen LogP contribution in [-0.4, -0.2) is 9.55 Å². The van der Waals surface area contributed by atoms with Gasteiger partial charge in [0.2, 0.25) is 0 Å². The molecular weight excluding hydrogens is 369 g/mol. The van der Waals surface area contributed by atoms with Gasteiger partial charge in [0.25, 0.3) is 0 Å². The van der Waals surface area contributed by atoms with Crippen molar-refractivity contribution in [3.8, 4) is 11.3 Å². The number of halogens is 1. The van der Waals surface area contributed by atoms with Crippen molar-refractivity contribution < 1.29 is 4.39 Å². The van der Waals surface area contributed by atoms with E-state index < -0.39 is 0 Å². The summed E-state index contributed by atoms with van der Waals surface area (Å²) < 4.78 is 15.6. The summed E-state index contributed by atoms with van der Waals surface area (Å²) in [7, 11) is 0. The average Bonchev–Trinajstić information content (AvgIpc) is 3.12. The smallest absolute Gasteiger partial charge is 0.190 e. The van der Waals surface area contributed by atoms with Crippen LogP contribution < -0.4 is 4.80 Å². The second-order valence-electron chi connectivity index (χ2n) is 6.47. The number of benzene rings is 2. The normalized spacial score (nSPS) is 11.7. The van der Waals surface area contributed by atoms with Crippen LogP contribution in [0.5, 0.6) is 0 Å². The lowest BCUT2D eigenvalue weighted by Crippen LogP contribution is -2.16. The van der Waals surface area contributed by atoms with Gasteiger partial charge in [-0.3, -0.25) is 4.98 Å². The third-order valence-electron chi connectivity index (χ3n) is 4.50. The second-order valence-corrected chi connectivity index (χ2v) is 7.31. The standard InChI is InChI=1S/C23H20FN3S/c24-20-12-10-19(11-13-20)22-17-28-23(26-21-9-4-14-25-16-21)27(22)15-5-8-18-6-2-1-3-7-18/h1-4,6-7,9-14,16-17H,5,8,15H2. The first-order valence-corrected chi connectivity index (χ1v) is 10.1. The molecule has 0 bridgehead atoms. The molecule has 0 unspecified atom stereocenters. The Morgan fingerprint density at radius 1 is 0.964 bits per heavy atom. The molecule has 0 N–H and O–H groups in total. The van der Waals surface area contributed by atoms with Gasteiger partial charge in [0.15, 0.2) is 4.80 Å². The molecule has 4 rings (SSSR count). The predicted octanol–water partition coefficient (Wildman–Crippen LogP) is 5.62. The summed E-state index contributed by atoms with van der Waals surface area (Å²) in [6.07, 6.45) is 5.49. The fourth-order valence-corrected chi connectivity index (χ4v) is 4.06. The molecule has 0 saturated heterocycles. The molecule has 0 atom stereocenters. The SMILES string of the molecule is Fc1ccc(-c2csc(=Nc3cccnc3)n2CCCc2ccccc2)cc1. The molecule has 2 heterocycles. The van der Waals surface area contributed by atoms with Crippen LogP contribution >= 0.6 is 11.3 Å². The fraction of sp³-hybridized carbons (Fsp3) is 0.130. The number of rotatable bonds is 6. The Labute approximate surface area is 167 Å². The zero-order chi connectivity index (χ0) is 19.2. The minimum absolute atomic E-state index is 0.227. The molecule has 0 aliphatic carbocycles. The van der Waals surface area contributed by atoms with E-state index in [2.05, 4.69) is 39.2 Å². The lowest BCUT2D eigenvalue weighted by Gasteiger charge is -2.09. The van der Waals surface area contributed by atoms with Gasteiger partial charge in [-0.1, -0.05) is 30.3 Å². The highest BCUT2D eigenvalue weighted by atomic mass is 32.1. The van der Waals surface area contributed by atoms with Crippen LogP contribution in [0.25, 0.3) is 11.3 Å². The van der Waals surface area contributed by atoms with Crippen molar-refractivity contribution in [2.45, 2.75) is 19.4 Å². The maximum atomic E-state index is 13.4. The number of hydrogen-bond donors (Lipinski definition) is 0. The highest BCUT2D eigenvalue weighted by Gasteiger charge is 2.09. The molecular formula is C23H20FN3S. The largest absolute Gasteiger partial charge is 0.316 e. The third kappa shape index (κ3) is 4.43. The molecule has 28 heavy (non-hydrogen) atoms. The summed E-state index contributed by atoms with van der Waals surface area (Å²) in [5.74, 6) is -0.227. The van der Waals surface area contributed by atoms with E-state index in [9.17, 15) is 4.39 Å². The van der Waals surface area contributed by atoms with Gasteiger partial charge in [0, 0.05) is 18.1 Å². The molecule has 0 radical (unpaired) electrons. The molecule has 0 aliphatic heterocycles. The Morgan fingerprint density at radius 3 is 2.54 bits per heavy atom. The maximum absolute atomic E-state index is 13.4. The van der Waals surface area contributed by atoms with Crippen molar-refractivity contribution >= 4 is 17.0 Å². The summed E-state index contributed by atoms with van der Waals surface area (Å²) in [6.45, 7) is 0.837. The number of pyridine rings is 1. The van der Waals surface area contributed by atoms with E-state index in [4.69, 9.17) is 4.99 Å². The molecule has 140 valence electrons. The Morgan fingerprint density at radius 2 is 1.79 bits per heavy atom. The van der Waals surface area contributed by atoms with Crippen molar-refractivity contribution in [2.75, 3.05) is 0 Å². The molecule has 0 aliphatic rings.